The molecular weight excluding hydrogens is 172 g/mol. The Kier molecular flexibility index (Phi) is 2.23. The lowest BCUT2D eigenvalue weighted by atomic mass is 10.1. The summed E-state index contributed by atoms with van der Waals surface area (Å²) in [5.41, 5.74) is 1.13. The summed E-state index contributed by atoms with van der Waals surface area (Å²) in [5, 5.41) is 2.32. The van der Waals surface area contributed by atoms with E-state index in [0.29, 0.717) is 0 Å². The minimum absolute atomic E-state index is 0.915. The molecule has 1 heteroatoms. The maximum Gasteiger partial charge on any atom is 0.126 e. The third-order valence-corrected chi connectivity index (χ3v) is 2.32. The van der Waals surface area contributed by atoms with Crippen molar-refractivity contribution in [3.8, 4) is 5.75 Å². The quantitative estimate of drug-likeness (QED) is 0.694. The van der Waals surface area contributed by atoms with E-state index >= 15 is 0 Å². The van der Waals surface area contributed by atoms with Gasteiger partial charge in [0.25, 0.3) is 0 Å². The maximum absolute atomic E-state index is 5.28. The van der Waals surface area contributed by atoms with Crippen LogP contribution < -0.4 is 4.74 Å². The van der Waals surface area contributed by atoms with Gasteiger partial charge in [0.15, 0.2) is 0 Å². The van der Waals surface area contributed by atoms with Crippen molar-refractivity contribution >= 4 is 16.8 Å². The van der Waals surface area contributed by atoms with Crippen LogP contribution in [0.3, 0.4) is 0 Å². The molecule has 14 heavy (non-hydrogen) atoms. The van der Waals surface area contributed by atoms with Crippen molar-refractivity contribution in [1.82, 2.24) is 0 Å². The predicted octanol–water partition coefficient (Wildman–Crippen LogP) is 3.49. The average molecular weight is 184 g/mol. The zero-order chi connectivity index (χ0) is 9.97. The maximum atomic E-state index is 5.28. The molecule has 2 aromatic rings. The molecule has 0 aliphatic carbocycles. The molecule has 1 nitrogen and oxygen atoms in total. The van der Waals surface area contributed by atoms with E-state index in [0.717, 1.165) is 16.7 Å². The average Bonchev–Trinajstić information content (AvgIpc) is 2.27. The summed E-state index contributed by atoms with van der Waals surface area (Å²) in [6, 6.07) is 12.2. The lowest BCUT2D eigenvalue weighted by Crippen LogP contribution is -1.84. The van der Waals surface area contributed by atoms with Gasteiger partial charge in [0.05, 0.1) is 7.11 Å². The normalized spacial score (nSPS) is 10.1. The monoisotopic (exact) mass is 184 g/mol. The lowest BCUT2D eigenvalue weighted by molar-refractivity contribution is 0.420. The standard InChI is InChI=1S/C13H12O/c1-3-10-7-8-12-11(9-10)5-4-6-13(12)14-2/h3-9H,1H2,2H3. The molecule has 0 heterocycles. The Bertz CT molecular complexity index is 472. The van der Waals surface area contributed by atoms with Gasteiger partial charge in [-0.1, -0.05) is 36.9 Å². The number of methoxy groups -OCH3 is 1. The molecule has 70 valence electrons. The third-order valence-electron chi connectivity index (χ3n) is 2.32. The molecule has 0 amide bonds. The van der Waals surface area contributed by atoms with Crippen LogP contribution >= 0.6 is 0 Å². The Hall–Kier alpha value is -1.76. The van der Waals surface area contributed by atoms with E-state index in [1.165, 1.54) is 5.39 Å². The highest BCUT2D eigenvalue weighted by Gasteiger charge is 1.99. The van der Waals surface area contributed by atoms with Crippen LogP contribution in [0.4, 0.5) is 0 Å². The van der Waals surface area contributed by atoms with Crippen molar-refractivity contribution in [1.29, 1.82) is 0 Å². The first-order valence-electron chi connectivity index (χ1n) is 4.54. The van der Waals surface area contributed by atoms with E-state index in [-0.39, 0.29) is 0 Å². The van der Waals surface area contributed by atoms with Crippen molar-refractivity contribution in [2.75, 3.05) is 7.11 Å². The molecule has 0 spiro atoms. The van der Waals surface area contributed by atoms with Gasteiger partial charge in [-0.2, -0.15) is 0 Å². The number of benzene rings is 2. The molecule has 0 saturated heterocycles. The summed E-state index contributed by atoms with van der Waals surface area (Å²) >= 11 is 0. The Morgan fingerprint density at radius 3 is 2.79 bits per heavy atom. The topological polar surface area (TPSA) is 9.23 Å². The molecule has 0 aromatic heterocycles. The highest BCUT2D eigenvalue weighted by Crippen LogP contribution is 2.26. The number of rotatable bonds is 2. The molecule has 0 atom stereocenters. The summed E-state index contributed by atoms with van der Waals surface area (Å²) < 4.78 is 5.28. The van der Waals surface area contributed by atoms with E-state index in [9.17, 15) is 0 Å². The van der Waals surface area contributed by atoms with Crippen LogP contribution in [-0.4, -0.2) is 7.11 Å². The second kappa shape index (κ2) is 3.54. The van der Waals surface area contributed by atoms with Crippen LogP contribution in [0.25, 0.3) is 16.8 Å². The Labute approximate surface area is 83.6 Å². The van der Waals surface area contributed by atoms with E-state index < -0.39 is 0 Å². The van der Waals surface area contributed by atoms with Crippen LogP contribution in [0, 0.1) is 0 Å². The fourth-order valence-corrected chi connectivity index (χ4v) is 1.58. The Morgan fingerprint density at radius 1 is 1.21 bits per heavy atom. The summed E-state index contributed by atoms with van der Waals surface area (Å²) in [6.07, 6.45) is 1.85. The van der Waals surface area contributed by atoms with Gasteiger partial charge in [0.2, 0.25) is 0 Å². The van der Waals surface area contributed by atoms with E-state index in [2.05, 4.69) is 24.8 Å². The third kappa shape index (κ3) is 1.37. The van der Waals surface area contributed by atoms with Gasteiger partial charge in [-0.3, -0.25) is 0 Å². The van der Waals surface area contributed by atoms with Gasteiger partial charge >= 0.3 is 0 Å². The Balaban J connectivity index is 2.73. The van der Waals surface area contributed by atoms with E-state index in [1.54, 1.807) is 7.11 Å². The fourth-order valence-electron chi connectivity index (χ4n) is 1.58. The van der Waals surface area contributed by atoms with Crippen molar-refractivity contribution in [3.05, 3.63) is 48.5 Å². The van der Waals surface area contributed by atoms with E-state index in [4.69, 9.17) is 4.74 Å². The minimum Gasteiger partial charge on any atom is -0.496 e. The first-order valence-corrected chi connectivity index (χ1v) is 4.54. The summed E-state index contributed by atoms with van der Waals surface area (Å²) in [4.78, 5) is 0. The van der Waals surface area contributed by atoms with Crippen molar-refractivity contribution in [2.45, 2.75) is 0 Å². The van der Waals surface area contributed by atoms with Gasteiger partial charge < -0.3 is 4.74 Å². The minimum atomic E-state index is 0.915. The molecule has 0 saturated carbocycles. The summed E-state index contributed by atoms with van der Waals surface area (Å²) in [6.45, 7) is 3.75. The number of hydrogen-bond donors (Lipinski definition) is 0. The number of fused-ring (bicyclic) bond motifs is 1. The first kappa shape index (κ1) is 8.82. The molecule has 0 bridgehead atoms. The van der Waals surface area contributed by atoms with Gasteiger partial charge in [0, 0.05) is 5.39 Å². The largest absolute Gasteiger partial charge is 0.496 e. The molecule has 0 fully saturated rings. The second-order valence-electron chi connectivity index (χ2n) is 3.14. The highest BCUT2D eigenvalue weighted by molar-refractivity contribution is 5.89. The molecular formula is C13H12O. The van der Waals surface area contributed by atoms with Crippen LogP contribution in [0.1, 0.15) is 5.56 Å². The molecule has 2 aromatic carbocycles. The number of hydrogen-bond acceptors (Lipinski definition) is 1. The van der Waals surface area contributed by atoms with Crippen molar-refractivity contribution < 1.29 is 4.74 Å². The van der Waals surface area contributed by atoms with Crippen LogP contribution in [0.2, 0.25) is 0 Å². The van der Waals surface area contributed by atoms with Crippen molar-refractivity contribution in [3.63, 3.8) is 0 Å². The molecule has 0 aliphatic heterocycles. The van der Waals surface area contributed by atoms with Gasteiger partial charge in [0.1, 0.15) is 5.75 Å². The first-order chi connectivity index (χ1) is 6.85. The predicted molar refractivity (Wildman–Crippen MR) is 60.6 cm³/mol. The lowest BCUT2D eigenvalue weighted by Gasteiger charge is -2.05. The van der Waals surface area contributed by atoms with E-state index in [1.807, 2.05) is 24.3 Å². The fraction of sp³-hybridized carbons (Fsp3) is 0.0769. The van der Waals surface area contributed by atoms with Gasteiger partial charge in [-0.15, -0.1) is 0 Å². The SMILES string of the molecule is C=Cc1ccc2c(OC)cccc2c1. The second-order valence-corrected chi connectivity index (χ2v) is 3.14. The van der Waals surface area contributed by atoms with Crippen LogP contribution in [0.5, 0.6) is 5.75 Å². The molecule has 0 aliphatic rings. The summed E-state index contributed by atoms with van der Waals surface area (Å²) in [5.74, 6) is 0.915. The Morgan fingerprint density at radius 2 is 2.07 bits per heavy atom. The highest BCUT2D eigenvalue weighted by atomic mass is 16.5. The zero-order valence-corrected chi connectivity index (χ0v) is 8.16. The molecule has 2 rings (SSSR count). The molecule has 0 unspecified atom stereocenters. The molecule has 0 radical (unpaired) electrons. The van der Waals surface area contributed by atoms with Gasteiger partial charge in [-0.05, 0) is 23.1 Å². The smallest absolute Gasteiger partial charge is 0.126 e. The van der Waals surface area contributed by atoms with Gasteiger partial charge in [-0.25, -0.2) is 0 Å². The number of ether oxygens (including phenoxy) is 1. The zero-order valence-electron chi connectivity index (χ0n) is 8.16. The van der Waals surface area contributed by atoms with Crippen LogP contribution in [-0.2, 0) is 0 Å². The van der Waals surface area contributed by atoms with Crippen molar-refractivity contribution in [2.24, 2.45) is 0 Å². The summed E-state index contributed by atoms with van der Waals surface area (Å²) in [7, 11) is 1.69. The molecule has 0 N–H and O–H groups in total. The van der Waals surface area contributed by atoms with Crippen LogP contribution in [0.15, 0.2) is 43.0 Å².